The highest BCUT2D eigenvalue weighted by molar-refractivity contribution is 7.99. The molecular weight excluding hydrogens is 256 g/mol. The van der Waals surface area contributed by atoms with Crippen LogP contribution in [0.3, 0.4) is 0 Å². The number of methoxy groups -OCH3 is 1. The minimum atomic E-state index is -0.0946. The second-order valence-electron chi connectivity index (χ2n) is 4.96. The summed E-state index contributed by atoms with van der Waals surface area (Å²) in [6, 6.07) is 6.55. The van der Waals surface area contributed by atoms with Gasteiger partial charge in [0.25, 0.3) is 0 Å². The van der Waals surface area contributed by atoms with Gasteiger partial charge in [-0.25, -0.2) is 0 Å². The third-order valence-electron chi connectivity index (χ3n) is 3.02. The topological polar surface area (TPSA) is 26.3 Å². The minimum absolute atomic E-state index is 0.0363. The summed E-state index contributed by atoms with van der Waals surface area (Å²) in [7, 11) is 1.47. The first-order chi connectivity index (χ1) is 9.06. The Labute approximate surface area is 120 Å². The molecule has 1 atom stereocenters. The number of thioether (sulfide) groups is 1. The Morgan fingerprint density at radius 2 is 1.89 bits per heavy atom. The van der Waals surface area contributed by atoms with Crippen molar-refractivity contribution in [1.29, 1.82) is 0 Å². The normalized spacial score (nSPS) is 12.2. The quantitative estimate of drug-likeness (QED) is 0.698. The van der Waals surface area contributed by atoms with E-state index in [0.717, 1.165) is 25.0 Å². The van der Waals surface area contributed by atoms with Crippen molar-refractivity contribution in [3.63, 3.8) is 0 Å². The molecule has 1 aromatic rings. The summed E-state index contributed by atoms with van der Waals surface area (Å²) in [6.07, 6.45) is 3.08. The van der Waals surface area contributed by atoms with E-state index in [1.807, 2.05) is 0 Å². The van der Waals surface area contributed by atoms with E-state index < -0.39 is 0 Å². The molecule has 0 aromatic heterocycles. The summed E-state index contributed by atoms with van der Waals surface area (Å²) >= 11 is 1.69. The van der Waals surface area contributed by atoms with E-state index in [9.17, 15) is 4.79 Å². The molecular formula is C16H24O2S. The van der Waals surface area contributed by atoms with Crippen LogP contribution in [0.15, 0.2) is 18.2 Å². The number of rotatable bonds is 7. The summed E-state index contributed by atoms with van der Waals surface area (Å²) in [5.41, 5.74) is 3.84. The van der Waals surface area contributed by atoms with Gasteiger partial charge in [-0.3, -0.25) is 4.79 Å². The van der Waals surface area contributed by atoms with E-state index in [4.69, 9.17) is 4.74 Å². The number of hydrogen-bond donors (Lipinski definition) is 0. The highest BCUT2D eigenvalue weighted by atomic mass is 32.2. The van der Waals surface area contributed by atoms with Crippen LogP contribution in [-0.2, 0) is 15.3 Å². The van der Waals surface area contributed by atoms with E-state index in [1.54, 1.807) is 11.8 Å². The fraction of sp³-hybridized carbons (Fsp3) is 0.562. The molecule has 3 heteroatoms. The number of carbonyl (C=O) groups excluding carboxylic acids is 1. The van der Waals surface area contributed by atoms with Crippen LogP contribution >= 0.6 is 11.8 Å². The molecule has 1 unspecified atom stereocenters. The maximum absolute atomic E-state index is 11.7. The van der Waals surface area contributed by atoms with Gasteiger partial charge in [-0.1, -0.05) is 49.1 Å². The first-order valence-corrected chi connectivity index (χ1v) is 7.88. The van der Waals surface area contributed by atoms with Crippen LogP contribution in [0.5, 0.6) is 0 Å². The fourth-order valence-electron chi connectivity index (χ4n) is 2.14. The second-order valence-corrected chi connectivity index (χ2v) is 6.15. The van der Waals surface area contributed by atoms with Gasteiger partial charge in [-0.05, 0) is 25.8 Å². The average Bonchev–Trinajstić information content (AvgIpc) is 2.37. The van der Waals surface area contributed by atoms with Crippen molar-refractivity contribution in [2.75, 3.05) is 7.11 Å². The van der Waals surface area contributed by atoms with E-state index in [0.29, 0.717) is 0 Å². The summed E-state index contributed by atoms with van der Waals surface area (Å²) in [4.78, 5) is 11.7. The van der Waals surface area contributed by atoms with Crippen molar-refractivity contribution in [2.45, 2.75) is 51.0 Å². The van der Waals surface area contributed by atoms with Crippen LogP contribution < -0.4 is 0 Å². The lowest BCUT2D eigenvalue weighted by Gasteiger charge is -2.14. The van der Waals surface area contributed by atoms with Crippen molar-refractivity contribution in [3.8, 4) is 0 Å². The number of benzene rings is 1. The number of carbonyl (C=O) groups is 1. The predicted octanol–water partition coefficient (Wildman–Crippen LogP) is 4.27. The Morgan fingerprint density at radius 1 is 1.26 bits per heavy atom. The molecule has 0 aliphatic rings. The van der Waals surface area contributed by atoms with Crippen LogP contribution in [0.4, 0.5) is 0 Å². The SMILES string of the molecule is CCCCC(SCc1cc(C)cc(C)c1)C(=O)OC. The van der Waals surface area contributed by atoms with Crippen LogP contribution in [0.2, 0.25) is 0 Å². The van der Waals surface area contributed by atoms with Crippen molar-refractivity contribution in [3.05, 3.63) is 34.9 Å². The first kappa shape index (κ1) is 16.1. The van der Waals surface area contributed by atoms with E-state index in [1.165, 1.54) is 23.8 Å². The van der Waals surface area contributed by atoms with Crippen molar-refractivity contribution >= 4 is 17.7 Å². The molecule has 0 bridgehead atoms. The van der Waals surface area contributed by atoms with Gasteiger partial charge in [-0.15, -0.1) is 11.8 Å². The van der Waals surface area contributed by atoms with Gasteiger partial charge in [0.2, 0.25) is 0 Å². The lowest BCUT2D eigenvalue weighted by molar-refractivity contribution is -0.140. The van der Waals surface area contributed by atoms with Gasteiger partial charge in [0.05, 0.1) is 7.11 Å². The number of ether oxygens (including phenoxy) is 1. The lowest BCUT2D eigenvalue weighted by Crippen LogP contribution is -2.19. The number of hydrogen-bond acceptors (Lipinski definition) is 3. The highest BCUT2D eigenvalue weighted by Crippen LogP contribution is 2.24. The Balaban J connectivity index is 2.61. The zero-order valence-electron chi connectivity index (χ0n) is 12.4. The number of aryl methyl sites for hydroxylation is 2. The molecule has 0 radical (unpaired) electrons. The summed E-state index contributed by atoms with van der Waals surface area (Å²) in [5, 5.41) is -0.0363. The summed E-state index contributed by atoms with van der Waals surface area (Å²) in [6.45, 7) is 6.36. The summed E-state index contributed by atoms with van der Waals surface area (Å²) < 4.78 is 4.89. The minimum Gasteiger partial charge on any atom is -0.468 e. The van der Waals surface area contributed by atoms with E-state index in [2.05, 4.69) is 39.0 Å². The maximum Gasteiger partial charge on any atom is 0.318 e. The van der Waals surface area contributed by atoms with Crippen LogP contribution in [0, 0.1) is 13.8 Å². The second kappa shape index (κ2) is 8.26. The zero-order chi connectivity index (χ0) is 14.3. The molecule has 0 aliphatic heterocycles. The van der Waals surface area contributed by atoms with Crippen LogP contribution in [-0.4, -0.2) is 18.3 Å². The Hall–Kier alpha value is -0.960. The van der Waals surface area contributed by atoms with Crippen LogP contribution in [0.1, 0.15) is 42.9 Å². The predicted molar refractivity (Wildman–Crippen MR) is 82.5 cm³/mol. The molecule has 0 spiro atoms. The smallest absolute Gasteiger partial charge is 0.318 e. The highest BCUT2D eigenvalue weighted by Gasteiger charge is 2.18. The standard InChI is InChI=1S/C16H24O2S/c1-5-6-7-15(16(17)18-4)19-11-14-9-12(2)8-13(3)10-14/h8-10,15H,5-7,11H2,1-4H3. The average molecular weight is 280 g/mol. The molecule has 0 N–H and O–H groups in total. The number of esters is 1. The molecule has 2 nitrogen and oxygen atoms in total. The van der Waals surface area contributed by atoms with Crippen molar-refractivity contribution in [2.24, 2.45) is 0 Å². The van der Waals surface area contributed by atoms with E-state index in [-0.39, 0.29) is 11.2 Å². The maximum atomic E-state index is 11.7. The third kappa shape index (κ3) is 5.68. The van der Waals surface area contributed by atoms with Gasteiger partial charge in [0.1, 0.15) is 5.25 Å². The van der Waals surface area contributed by atoms with Gasteiger partial charge < -0.3 is 4.74 Å². The third-order valence-corrected chi connectivity index (χ3v) is 4.35. The Morgan fingerprint density at radius 3 is 2.42 bits per heavy atom. The van der Waals surface area contributed by atoms with Crippen molar-refractivity contribution in [1.82, 2.24) is 0 Å². The molecule has 1 aromatic carbocycles. The Bertz CT molecular complexity index is 395. The summed E-state index contributed by atoms with van der Waals surface area (Å²) in [5.74, 6) is 0.772. The van der Waals surface area contributed by atoms with E-state index >= 15 is 0 Å². The fourth-order valence-corrected chi connectivity index (χ4v) is 3.27. The first-order valence-electron chi connectivity index (χ1n) is 6.83. The monoisotopic (exact) mass is 280 g/mol. The molecule has 0 saturated carbocycles. The number of unbranched alkanes of at least 4 members (excludes halogenated alkanes) is 1. The zero-order valence-corrected chi connectivity index (χ0v) is 13.2. The van der Waals surface area contributed by atoms with Gasteiger partial charge >= 0.3 is 5.97 Å². The van der Waals surface area contributed by atoms with Crippen molar-refractivity contribution < 1.29 is 9.53 Å². The molecule has 106 valence electrons. The molecule has 0 heterocycles. The molecule has 0 saturated heterocycles. The van der Waals surface area contributed by atoms with Gasteiger partial charge in [0, 0.05) is 5.75 Å². The molecule has 0 amide bonds. The molecule has 1 rings (SSSR count). The van der Waals surface area contributed by atoms with Crippen LogP contribution in [0.25, 0.3) is 0 Å². The lowest BCUT2D eigenvalue weighted by atomic mass is 10.1. The Kier molecular flexibility index (Phi) is 7.00. The van der Waals surface area contributed by atoms with Gasteiger partial charge in [-0.2, -0.15) is 0 Å². The molecule has 0 fully saturated rings. The molecule has 19 heavy (non-hydrogen) atoms. The molecule has 0 aliphatic carbocycles. The largest absolute Gasteiger partial charge is 0.468 e. The van der Waals surface area contributed by atoms with Gasteiger partial charge in [0.15, 0.2) is 0 Å².